The fraction of sp³-hybridized carbons (Fsp3) is 0.818. The van der Waals surface area contributed by atoms with Gasteiger partial charge in [-0.3, -0.25) is 5.32 Å². The maximum atomic E-state index is 4.49. The smallest absolute Gasteiger partial charge is 0.119 e. The minimum Gasteiger partial charge on any atom is -0.357 e. The van der Waals surface area contributed by atoms with E-state index in [0.29, 0.717) is 0 Å². The minimum atomic E-state index is 1.00. The summed E-state index contributed by atoms with van der Waals surface area (Å²) in [6.07, 6.45) is 7.18. The molecule has 0 fully saturated rings. The van der Waals surface area contributed by atoms with Gasteiger partial charge in [0, 0.05) is 19.6 Å². The molecule has 0 unspecified atom stereocenters. The van der Waals surface area contributed by atoms with Crippen LogP contribution in [-0.4, -0.2) is 24.5 Å². The van der Waals surface area contributed by atoms with E-state index < -0.39 is 0 Å². The van der Waals surface area contributed by atoms with E-state index in [0.717, 1.165) is 19.5 Å². The molecule has 0 aromatic rings. The first-order valence-corrected chi connectivity index (χ1v) is 5.51. The SMILES string of the molecule is CCCCN(CCC)C1=CCC[N]1. The summed E-state index contributed by atoms with van der Waals surface area (Å²) < 4.78 is 0. The van der Waals surface area contributed by atoms with Gasteiger partial charge in [-0.15, -0.1) is 0 Å². The summed E-state index contributed by atoms with van der Waals surface area (Å²) in [5.74, 6) is 1.25. The molecule has 1 aliphatic heterocycles. The van der Waals surface area contributed by atoms with E-state index in [1.54, 1.807) is 0 Å². The molecule has 1 radical (unpaired) electrons. The maximum absolute atomic E-state index is 4.49. The van der Waals surface area contributed by atoms with Gasteiger partial charge in [0.15, 0.2) is 0 Å². The lowest BCUT2D eigenvalue weighted by Gasteiger charge is -2.24. The molecule has 0 amide bonds. The third kappa shape index (κ3) is 3.29. The van der Waals surface area contributed by atoms with Crippen molar-refractivity contribution in [1.29, 1.82) is 0 Å². The fourth-order valence-corrected chi connectivity index (χ4v) is 1.63. The summed E-state index contributed by atoms with van der Waals surface area (Å²) in [5, 5.41) is 4.49. The van der Waals surface area contributed by atoms with Crippen molar-refractivity contribution in [2.24, 2.45) is 0 Å². The van der Waals surface area contributed by atoms with Gasteiger partial charge in [0.25, 0.3) is 0 Å². The van der Waals surface area contributed by atoms with Crippen molar-refractivity contribution < 1.29 is 0 Å². The Morgan fingerprint density at radius 1 is 1.31 bits per heavy atom. The van der Waals surface area contributed by atoms with E-state index in [9.17, 15) is 0 Å². The Kier molecular flexibility index (Phi) is 4.73. The van der Waals surface area contributed by atoms with Gasteiger partial charge in [-0.05, 0) is 25.3 Å². The molecule has 13 heavy (non-hydrogen) atoms. The summed E-state index contributed by atoms with van der Waals surface area (Å²) in [4.78, 5) is 2.43. The quantitative estimate of drug-likeness (QED) is 0.615. The number of rotatable bonds is 6. The van der Waals surface area contributed by atoms with Crippen LogP contribution in [0.15, 0.2) is 11.9 Å². The van der Waals surface area contributed by atoms with Crippen LogP contribution in [0.4, 0.5) is 0 Å². The second-order valence-corrected chi connectivity index (χ2v) is 3.57. The van der Waals surface area contributed by atoms with Crippen LogP contribution in [0.5, 0.6) is 0 Å². The molecule has 0 N–H and O–H groups in total. The van der Waals surface area contributed by atoms with E-state index >= 15 is 0 Å². The Morgan fingerprint density at radius 2 is 2.15 bits per heavy atom. The second kappa shape index (κ2) is 5.90. The van der Waals surface area contributed by atoms with E-state index in [-0.39, 0.29) is 0 Å². The second-order valence-electron chi connectivity index (χ2n) is 3.57. The average molecular weight is 181 g/mol. The van der Waals surface area contributed by atoms with E-state index in [4.69, 9.17) is 0 Å². The molecule has 2 nitrogen and oxygen atoms in total. The molecule has 75 valence electrons. The number of hydrogen-bond acceptors (Lipinski definition) is 1. The summed E-state index contributed by atoms with van der Waals surface area (Å²) in [7, 11) is 0. The van der Waals surface area contributed by atoms with Gasteiger partial charge >= 0.3 is 0 Å². The first-order chi connectivity index (χ1) is 6.38. The highest BCUT2D eigenvalue weighted by Gasteiger charge is 2.12. The van der Waals surface area contributed by atoms with Gasteiger partial charge in [-0.2, -0.15) is 0 Å². The van der Waals surface area contributed by atoms with Crippen LogP contribution in [0.25, 0.3) is 0 Å². The van der Waals surface area contributed by atoms with Gasteiger partial charge in [0.2, 0.25) is 0 Å². The minimum absolute atomic E-state index is 1.00. The molecule has 2 heteroatoms. The first-order valence-electron chi connectivity index (χ1n) is 5.51. The van der Waals surface area contributed by atoms with E-state index in [1.165, 1.54) is 31.6 Å². The lowest BCUT2D eigenvalue weighted by Crippen LogP contribution is -2.28. The topological polar surface area (TPSA) is 17.3 Å². The van der Waals surface area contributed by atoms with Crippen molar-refractivity contribution in [3.05, 3.63) is 11.9 Å². The van der Waals surface area contributed by atoms with Gasteiger partial charge < -0.3 is 4.90 Å². The van der Waals surface area contributed by atoms with E-state index in [1.807, 2.05) is 0 Å². The standard InChI is InChI=1S/C11H21N2/c1-3-5-10-13(9-4-2)11-7-6-8-12-11/h7H,3-6,8-10H2,1-2H3. The fourth-order valence-electron chi connectivity index (χ4n) is 1.63. The normalized spacial score (nSPS) is 15.4. The third-order valence-corrected chi connectivity index (χ3v) is 2.33. The van der Waals surface area contributed by atoms with Crippen molar-refractivity contribution in [3.63, 3.8) is 0 Å². The van der Waals surface area contributed by atoms with Gasteiger partial charge in [0.1, 0.15) is 5.82 Å². The number of nitrogens with zero attached hydrogens (tertiary/aromatic N) is 2. The molecule has 0 saturated heterocycles. The lowest BCUT2D eigenvalue weighted by molar-refractivity contribution is 0.319. The summed E-state index contributed by atoms with van der Waals surface area (Å²) in [5.41, 5.74) is 0. The molecule has 1 rings (SSSR count). The summed E-state index contributed by atoms with van der Waals surface area (Å²) >= 11 is 0. The Labute approximate surface area is 82.0 Å². The number of unbranched alkanes of at least 4 members (excludes halogenated alkanes) is 1. The Morgan fingerprint density at radius 3 is 2.69 bits per heavy atom. The Balaban J connectivity index is 2.36. The summed E-state index contributed by atoms with van der Waals surface area (Å²) in [6, 6.07) is 0. The molecular weight excluding hydrogens is 160 g/mol. The van der Waals surface area contributed by atoms with Crippen LogP contribution in [0.2, 0.25) is 0 Å². The maximum Gasteiger partial charge on any atom is 0.119 e. The zero-order valence-electron chi connectivity index (χ0n) is 8.92. The first kappa shape index (κ1) is 10.4. The van der Waals surface area contributed by atoms with Crippen molar-refractivity contribution in [1.82, 2.24) is 10.2 Å². The van der Waals surface area contributed by atoms with Crippen LogP contribution >= 0.6 is 0 Å². The Bertz CT molecular complexity index is 163. The van der Waals surface area contributed by atoms with Crippen LogP contribution in [0.1, 0.15) is 39.5 Å². The Hall–Kier alpha value is -0.660. The van der Waals surface area contributed by atoms with Gasteiger partial charge in [-0.25, -0.2) is 0 Å². The molecule has 0 atom stereocenters. The molecule has 0 aliphatic carbocycles. The van der Waals surface area contributed by atoms with Crippen LogP contribution in [0.3, 0.4) is 0 Å². The molecule has 1 heterocycles. The van der Waals surface area contributed by atoms with Crippen LogP contribution < -0.4 is 5.32 Å². The molecule has 0 saturated carbocycles. The molecule has 0 aromatic carbocycles. The average Bonchev–Trinajstić information content (AvgIpc) is 2.65. The molecular formula is C11H21N2. The lowest BCUT2D eigenvalue weighted by atomic mass is 10.3. The predicted octanol–water partition coefficient (Wildman–Crippen LogP) is 2.35. The third-order valence-electron chi connectivity index (χ3n) is 2.33. The van der Waals surface area contributed by atoms with Crippen molar-refractivity contribution in [2.75, 3.05) is 19.6 Å². The van der Waals surface area contributed by atoms with Crippen molar-refractivity contribution in [3.8, 4) is 0 Å². The summed E-state index contributed by atoms with van der Waals surface area (Å²) in [6.45, 7) is 7.81. The molecule has 0 aromatic heterocycles. The highest BCUT2D eigenvalue weighted by molar-refractivity contribution is 5.04. The highest BCUT2D eigenvalue weighted by Crippen LogP contribution is 2.11. The zero-order chi connectivity index (χ0) is 9.52. The zero-order valence-corrected chi connectivity index (χ0v) is 8.92. The van der Waals surface area contributed by atoms with Crippen molar-refractivity contribution >= 4 is 0 Å². The monoisotopic (exact) mass is 181 g/mol. The predicted molar refractivity (Wildman–Crippen MR) is 56.5 cm³/mol. The van der Waals surface area contributed by atoms with Crippen LogP contribution in [0, 0.1) is 0 Å². The van der Waals surface area contributed by atoms with Crippen LogP contribution in [-0.2, 0) is 0 Å². The molecule has 0 spiro atoms. The van der Waals surface area contributed by atoms with Gasteiger partial charge in [-0.1, -0.05) is 20.3 Å². The highest BCUT2D eigenvalue weighted by atomic mass is 15.2. The largest absolute Gasteiger partial charge is 0.357 e. The molecule has 0 bridgehead atoms. The van der Waals surface area contributed by atoms with Gasteiger partial charge in [0.05, 0.1) is 0 Å². The van der Waals surface area contributed by atoms with E-state index in [2.05, 4.69) is 30.1 Å². The number of hydrogen-bond donors (Lipinski definition) is 0. The molecule has 1 aliphatic rings. The van der Waals surface area contributed by atoms with Crippen molar-refractivity contribution in [2.45, 2.75) is 39.5 Å².